The fourth-order valence-corrected chi connectivity index (χ4v) is 2.09. The Bertz CT molecular complexity index is 621. The Morgan fingerprint density at radius 3 is 2.55 bits per heavy atom. The summed E-state index contributed by atoms with van der Waals surface area (Å²) in [4.78, 5) is 16.4. The number of halogens is 1. The lowest BCUT2D eigenvalue weighted by Gasteiger charge is -2.20. The molecule has 1 heterocycles. The Morgan fingerprint density at radius 1 is 1.32 bits per heavy atom. The number of imidazole rings is 1. The predicted molar refractivity (Wildman–Crippen MR) is 82.8 cm³/mol. The van der Waals surface area contributed by atoms with Gasteiger partial charge in [-0.05, 0) is 23.6 Å². The van der Waals surface area contributed by atoms with Crippen molar-refractivity contribution in [2.24, 2.45) is 13.0 Å². The molecule has 0 aliphatic rings. The number of rotatable bonds is 5. The van der Waals surface area contributed by atoms with E-state index in [1.54, 1.807) is 24.5 Å². The van der Waals surface area contributed by atoms with Crippen LogP contribution in [-0.2, 0) is 7.05 Å². The highest BCUT2D eigenvalue weighted by Crippen LogP contribution is 2.20. The van der Waals surface area contributed by atoms with Gasteiger partial charge in [0.25, 0.3) is 0 Å². The van der Waals surface area contributed by atoms with Gasteiger partial charge in [0.1, 0.15) is 17.7 Å². The molecule has 0 spiro atoms. The largest absolute Gasteiger partial charge is 0.338 e. The average Bonchev–Trinajstić information content (AvgIpc) is 2.90. The normalized spacial score (nSPS) is 12.2. The highest BCUT2D eigenvalue weighted by Gasteiger charge is 2.20. The maximum atomic E-state index is 13.1. The molecule has 2 amide bonds. The molecule has 0 fully saturated rings. The second-order valence-corrected chi connectivity index (χ2v) is 5.63. The summed E-state index contributed by atoms with van der Waals surface area (Å²) in [6, 6.07) is 5.34. The minimum Gasteiger partial charge on any atom is -0.338 e. The zero-order chi connectivity index (χ0) is 16.1. The van der Waals surface area contributed by atoms with Crippen LogP contribution in [0.25, 0.3) is 0 Å². The lowest BCUT2D eigenvalue weighted by atomic mass is 10.1. The van der Waals surface area contributed by atoms with Crippen molar-refractivity contribution in [2.45, 2.75) is 19.9 Å². The molecule has 0 radical (unpaired) electrons. The number of carbonyl (C=O) groups excluding carboxylic acids is 1. The van der Waals surface area contributed by atoms with Crippen molar-refractivity contribution >= 4 is 6.03 Å². The van der Waals surface area contributed by atoms with Crippen molar-refractivity contribution in [3.8, 4) is 0 Å². The van der Waals surface area contributed by atoms with E-state index < -0.39 is 6.04 Å². The summed E-state index contributed by atoms with van der Waals surface area (Å²) in [5.41, 5.74) is 0.774. The Labute approximate surface area is 129 Å². The average molecular weight is 304 g/mol. The van der Waals surface area contributed by atoms with E-state index in [-0.39, 0.29) is 11.8 Å². The molecule has 1 aromatic heterocycles. The third-order valence-corrected chi connectivity index (χ3v) is 3.27. The van der Waals surface area contributed by atoms with E-state index in [1.807, 2.05) is 25.5 Å². The number of amides is 2. The van der Waals surface area contributed by atoms with Gasteiger partial charge in [0.05, 0.1) is 0 Å². The summed E-state index contributed by atoms with van der Waals surface area (Å²) in [5.74, 6) is 0.737. The first-order chi connectivity index (χ1) is 10.5. The number of aromatic nitrogens is 2. The molecule has 1 atom stereocenters. The third-order valence-electron chi connectivity index (χ3n) is 3.27. The van der Waals surface area contributed by atoms with Crippen LogP contribution < -0.4 is 10.6 Å². The molecule has 0 bridgehead atoms. The van der Waals surface area contributed by atoms with Crippen LogP contribution in [0, 0.1) is 11.7 Å². The van der Waals surface area contributed by atoms with Crippen LogP contribution in [0.1, 0.15) is 31.3 Å². The zero-order valence-corrected chi connectivity index (χ0v) is 13.0. The van der Waals surface area contributed by atoms with Gasteiger partial charge in [0.15, 0.2) is 0 Å². The second kappa shape index (κ2) is 7.06. The number of urea groups is 1. The lowest BCUT2D eigenvalue weighted by molar-refractivity contribution is 0.237. The monoisotopic (exact) mass is 304 g/mol. The molecule has 1 aromatic carbocycles. The maximum Gasteiger partial charge on any atom is 0.315 e. The van der Waals surface area contributed by atoms with Crippen LogP contribution in [-0.4, -0.2) is 22.1 Å². The molecular formula is C16H21FN4O. The standard InChI is InChI=1S/C16H21FN4O/c1-11(2)10-19-16(22)20-14(15-18-8-9-21(15)3)12-4-6-13(17)7-5-12/h4-9,11,14H,10H2,1-3H3,(H2,19,20,22)/t14-/m0/s1. The van der Waals surface area contributed by atoms with Crippen LogP contribution in [0.4, 0.5) is 9.18 Å². The lowest BCUT2D eigenvalue weighted by Crippen LogP contribution is -2.40. The number of carbonyl (C=O) groups is 1. The summed E-state index contributed by atoms with van der Waals surface area (Å²) in [7, 11) is 1.85. The van der Waals surface area contributed by atoms with E-state index in [4.69, 9.17) is 0 Å². The first kappa shape index (κ1) is 16.0. The number of hydrogen-bond donors (Lipinski definition) is 2. The van der Waals surface area contributed by atoms with E-state index in [1.165, 1.54) is 12.1 Å². The van der Waals surface area contributed by atoms with Gasteiger partial charge >= 0.3 is 6.03 Å². The second-order valence-electron chi connectivity index (χ2n) is 5.63. The first-order valence-corrected chi connectivity index (χ1v) is 7.24. The minimum atomic E-state index is -0.437. The van der Waals surface area contributed by atoms with Gasteiger partial charge in [-0.3, -0.25) is 0 Å². The van der Waals surface area contributed by atoms with Gasteiger partial charge in [-0.1, -0.05) is 26.0 Å². The van der Waals surface area contributed by atoms with Crippen LogP contribution in [0.3, 0.4) is 0 Å². The highest BCUT2D eigenvalue weighted by molar-refractivity contribution is 5.74. The summed E-state index contributed by atoms with van der Waals surface area (Å²) < 4.78 is 15.0. The summed E-state index contributed by atoms with van der Waals surface area (Å²) in [6.07, 6.45) is 3.47. The Morgan fingerprint density at radius 2 is 2.00 bits per heavy atom. The predicted octanol–water partition coefficient (Wildman–Crippen LogP) is 2.60. The topological polar surface area (TPSA) is 59.0 Å². The van der Waals surface area contributed by atoms with Gasteiger partial charge in [0.2, 0.25) is 0 Å². The molecule has 2 aromatic rings. The van der Waals surface area contributed by atoms with E-state index in [9.17, 15) is 9.18 Å². The third kappa shape index (κ3) is 4.07. The van der Waals surface area contributed by atoms with E-state index >= 15 is 0 Å². The summed E-state index contributed by atoms with van der Waals surface area (Å²) in [5, 5.41) is 5.71. The maximum absolute atomic E-state index is 13.1. The summed E-state index contributed by atoms with van der Waals surface area (Å²) in [6.45, 7) is 4.63. The van der Waals surface area contributed by atoms with Gasteiger partial charge < -0.3 is 15.2 Å². The number of benzene rings is 1. The molecule has 0 aliphatic heterocycles. The number of aryl methyl sites for hydroxylation is 1. The molecule has 6 heteroatoms. The summed E-state index contributed by atoms with van der Waals surface area (Å²) >= 11 is 0. The number of nitrogens with one attached hydrogen (secondary N) is 2. The molecule has 2 N–H and O–H groups in total. The Kier molecular flexibility index (Phi) is 5.14. The molecule has 118 valence electrons. The smallest absolute Gasteiger partial charge is 0.315 e. The van der Waals surface area contributed by atoms with Crippen molar-refractivity contribution in [2.75, 3.05) is 6.54 Å². The van der Waals surface area contributed by atoms with Crippen LogP contribution in [0.5, 0.6) is 0 Å². The van der Waals surface area contributed by atoms with Crippen molar-refractivity contribution in [3.63, 3.8) is 0 Å². The number of nitrogens with zero attached hydrogens (tertiary/aromatic N) is 2. The van der Waals surface area contributed by atoms with Gasteiger partial charge in [-0.15, -0.1) is 0 Å². The van der Waals surface area contributed by atoms with E-state index in [2.05, 4.69) is 15.6 Å². The highest BCUT2D eigenvalue weighted by atomic mass is 19.1. The van der Waals surface area contributed by atoms with Crippen molar-refractivity contribution in [1.82, 2.24) is 20.2 Å². The quantitative estimate of drug-likeness (QED) is 0.892. The molecule has 0 unspecified atom stereocenters. The molecular weight excluding hydrogens is 283 g/mol. The van der Waals surface area contributed by atoms with Crippen molar-refractivity contribution in [3.05, 3.63) is 53.9 Å². The van der Waals surface area contributed by atoms with Crippen LogP contribution in [0.15, 0.2) is 36.7 Å². The van der Waals surface area contributed by atoms with Crippen LogP contribution in [0.2, 0.25) is 0 Å². The SMILES string of the molecule is CC(C)CNC(=O)N[C@@H](c1ccc(F)cc1)c1nccn1C. The van der Waals surface area contributed by atoms with E-state index in [0.29, 0.717) is 18.3 Å². The molecule has 5 nitrogen and oxygen atoms in total. The minimum absolute atomic E-state index is 0.272. The van der Waals surface area contributed by atoms with Crippen molar-refractivity contribution in [1.29, 1.82) is 0 Å². The first-order valence-electron chi connectivity index (χ1n) is 7.24. The molecule has 0 saturated heterocycles. The fraction of sp³-hybridized carbons (Fsp3) is 0.375. The van der Waals surface area contributed by atoms with Crippen LogP contribution >= 0.6 is 0 Å². The van der Waals surface area contributed by atoms with Crippen molar-refractivity contribution < 1.29 is 9.18 Å². The molecule has 0 aliphatic carbocycles. The van der Waals surface area contributed by atoms with Gasteiger partial charge in [-0.25, -0.2) is 14.2 Å². The fourth-order valence-electron chi connectivity index (χ4n) is 2.09. The molecule has 22 heavy (non-hydrogen) atoms. The number of hydrogen-bond acceptors (Lipinski definition) is 2. The Hall–Kier alpha value is -2.37. The molecule has 2 rings (SSSR count). The Balaban J connectivity index is 2.21. The molecule has 0 saturated carbocycles. The van der Waals surface area contributed by atoms with E-state index in [0.717, 1.165) is 5.56 Å². The van der Waals surface area contributed by atoms with Gasteiger partial charge in [-0.2, -0.15) is 0 Å². The zero-order valence-electron chi connectivity index (χ0n) is 13.0. The van der Waals surface area contributed by atoms with Gasteiger partial charge in [0, 0.05) is 26.0 Å².